The number of esters is 1. The van der Waals surface area contributed by atoms with Crippen molar-refractivity contribution in [3.63, 3.8) is 0 Å². The van der Waals surface area contributed by atoms with Gasteiger partial charge in [-0.1, -0.05) is 31.4 Å². The summed E-state index contributed by atoms with van der Waals surface area (Å²) in [5.74, 6) is -0.465. The third kappa shape index (κ3) is 6.40. The number of hydrogen-bond donors (Lipinski definition) is 1. The van der Waals surface area contributed by atoms with Crippen molar-refractivity contribution >= 4 is 17.6 Å². The number of nitrogens with one attached hydrogen (secondary N) is 1. The third-order valence-electron chi connectivity index (χ3n) is 4.74. The molecule has 138 valence electrons. The van der Waals surface area contributed by atoms with Crippen LogP contribution in [0.15, 0.2) is 24.3 Å². The van der Waals surface area contributed by atoms with E-state index in [1.54, 1.807) is 0 Å². The van der Waals surface area contributed by atoms with Crippen molar-refractivity contribution in [3.8, 4) is 0 Å². The van der Waals surface area contributed by atoms with E-state index in [4.69, 9.17) is 4.74 Å². The van der Waals surface area contributed by atoms with Gasteiger partial charge in [-0.3, -0.25) is 9.59 Å². The molecule has 1 aliphatic carbocycles. The Balaban J connectivity index is 1.67. The fourth-order valence-electron chi connectivity index (χ4n) is 3.27. The highest BCUT2D eigenvalue weighted by molar-refractivity contribution is 5.81. The molecule has 0 spiro atoms. The van der Waals surface area contributed by atoms with Crippen LogP contribution >= 0.6 is 0 Å². The summed E-state index contributed by atoms with van der Waals surface area (Å²) in [4.78, 5) is 26.0. The largest absolute Gasteiger partial charge is 0.455 e. The number of rotatable bonds is 8. The standard InChI is InChI=1S/C20H30N2O3/c1-3-22(18-11-7-8-16(2)14-18)13-12-21-19(23)15-25-20(24)17-9-5-4-6-10-17/h7-8,11,14,17H,3-6,9-10,12-13,15H2,1-2H3,(H,21,23). The average Bonchev–Trinajstić information content (AvgIpc) is 2.64. The Kier molecular flexibility index (Phi) is 7.76. The molecule has 5 nitrogen and oxygen atoms in total. The molecule has 0 unspecified atom stereocenters. The van der Waals surface area contributed by atoms with Crippen molar-refractivity contribution in [2.24, 2.45) is 5.92 Å². The third-order valence-corrected chi connectivity index (χ3v) is 4.74. The molecule has 5 heteroatoms. The molecule has 0 aromatic heterocycles. The molecule has 0 bridgehead atoms. The van der Waals surface area contributed by atoms with Crippen LogP contribution in [0, 0.1) is 12.8 Å². The highest BCUT2D eigenvalue weighted by Gasteiger charge is 2.23. The molecule has 0 atom stereocenters. The molecule has 0 saturated heterocycles. The van der Waals surface area contributed by atoms with Gasteiger partial charge >= 0.3 is 5.97 Å². The Hall–Kier alpha value is -2.04. The number of ether oxygens (including phenoxy) is 1. The first-order valence-electron chi connectivity index (χ1n) is 9.35. The fraction of sp³-hybridized carbons (Fsp3) is 0.600. The smallest absolute Gasteiger partial charge is 0.309 e. The Morgan fingerprint density at radius 2 is 2.00 bits per heavy atom. The van der Waals surface area contributed by atoms with Crippen LogP contribution in [0.4, 0.5) is 5.69 Å². The van der Waals surface area contributed by atoms with Crippen molar-refractivity contribution < 1.29 is 14.3 Å². The Bertz CT molecular complexity index is 568. The number of aryl methyl sites for hydroxylation is 1. The minimum Gasteiger partial charge on any atom is -0.455 e. The highest BCUT2D eigenvalue weighted by atomic mass is 16.5. The summed E-state index contributed by atoms with van der Waals surface area (Å²) in [6.07, 6.45) is 5.14. The minimum atomic E-state index is -0.232. The van der Waals surface area contributed by atoms with Crippen molar-refractivity contribution in [3.05, 3.63) is 29.8 Å². The number of hydrogen-bond acceptors (Lipinski definition) is 4. The van der Waals surface area contributed by atoms with Gasteiger partial charge < -0.3 is 15.0 Å². The van der Waals surface area contributed by atoms with Crippen LogP contribution in [0.1, 0.15) is 44.6 Å². The Morgan fingerprint density at radius 1 is 1.24 bits per heavy atom. The van der Waals surface area contributed by atoms with Crippen LogP contribution in [0.3, 0.4) is 0 Å². The second-order valence-corrected chi connectivity index (χ2v) is 6.71. The van der Waals surface area contributed by atoms with Crippen LogP contribution in [-0.2, 0) is 14.3 Å². The zero-order valence-corrected chi connectivity index (χ0v) is 15.4. The normalized spacial score (nSPS) is 14.8. The Morgan fingerprint density at radius 3 is 2.68 bits per heavy atom. The number of likely N-dealkylation sites (N-methyl/N-ethyl adjacent to an activating group) is 1. The topological polar surface area (TPSA) is 58.6 Å². The molecule has 0 heterocycles. The molecule has 1 N–H and O–H groups in total. The molecule has 1 fully saturated rings. The van der Waals surface area contributed by atoms with Gasteiger partial charge in [-0.05, 0) is 44.4 Å². The van der Waals surface area contributed by atoms with Gasteiger partial charge in [-0.2, -0.15) is 0 Å². The van der Waals surface area contributed by atoms with Crippen molar-refractivity contribution in [2.45, 2.75) is 46.0 Å². The van der Waals surface area contributed by atoms with E-state index < -0.39 is 0 Å². The monoisotopic (exact) mass is 346 g/mol. The van der Waals surface area contributed by atoms with Gasteiger partial charge in [-0.15, -0.1) is 0 Å². The first kappa shape index (κ1) is 19.3. The molecule has 1 amide bonds. The first-order chi connectivity index (χ1) is 12.1. The van der Waals surface area contributed by atoms with E-state index in [1.165, 1.54) is 12.0 Å². The van der Waals surface area contributed by atoms with Crippen LogP contribution in [0.2, 0.25) is 0 Å². The van der Waals surface area contributed by atoms with Crippen LogP contribution < -0.4 is 10.2 Å². The number of carbonyl (C=O) groups excluding carboxylic acids is 2. The van der Waals surface area contributed by atoms with Crippen molar-refractivity contribution in [2.75, 3.05) is 31.1 Å². The molecular weight excluding hydrogens is 316 g/mol. The predicted molar refractivity (Wildman–Crippen MR) is 99.6 cm³/mol. The van der Waals surface area contributed by atoms with Gasteiger partial charge in [0.05, 0.1) is 5.92 Å². The molecule has 1 aromatic rings. The van der Waals surface area contributed by atoms with Crippen molar-refractivity contribution in [1.29, 1.82) is 0 Å². The number of nitrogens with zero attached hydrogens (tertiary/aromatic N) is 1. The summed E-state index contributed by atoms with van der Waals surface area (Å²) in [7, 11) is 0. The van der Waals surface area contributed by atoms with Crippen LogP contribution in [0.25, 0.3) is 0 Å². The summed E-state index contributed by atoms with van der Waals surface area (Å²) in [5, 5.41) is 2.83. The summed E-state index contributed by atoms with van der Waals surface area (Å²) < 4.78 is 5.16. The van der Waals surface area contributed by atoms with E-state index in [2.05, 4.69) is 42.3 Å². The molecular formula is C20H30N2O3. The number of benzene rings is 1. The summed E-state index contributed by atoms with van der Waals surface area (Å²) in [6.45, 7) is 6.11. The lowest BCUT2D eigenvalue weighted by atomic mass is 9.89. The van der Waals surface area contributed by atoms with E-state index in [0.717, 1.165) is 44.5 Å². The predicted octanol–water partition coefficient (Wildman–Crippen LogP) is 3.06. The highest BCUT2D eigenvalue weighted by Crippen LogP contribution is 2.24. The SMILES string of the molecule is CCN(CCNC(=O)COC(=O)C1CCCCC1)c1cccc(C)c1. The van der Waals surface area contributed by atoms with E-state index in [-0.39, 0.29) is 24.4 Å². The van der Waals surface area contributed by atoms with Gasteiger partial charge in [0.1, 0.15) is 0 Å². The second-order valence-electron chi connectivity index (χ2n) is 6.71. The molecule has 1 aromatic carbocycles. The van der Waals surface area contributed by atoms with E-state index >= 15 is 0 Å². The molecule has 1 saturated carbocycles. The van der Waals surface area contributed by atoms with Gasteiger partial charge in [0, 0.05) is 25.3 Å². The van der Waals surface area contributed by atoms with Gasteiger partial charge in [0.2, 0.25) is 0 Å². The van der Waals surface area contributed by atoms with E-state index in [0.29, 0.717) is 6.54 Å². The maximum absolute atomic E-state index is 11.9. The van der Waals surface area contributed by atoms with Gasteiger partial charge in [0.15, 0.2) is 6.61 Å². The molecule has 0 radical (unpaired) electrons. The zero-order chi connectivity index (χ0) is 18.1. The Labute approximate surface area is 150 Å². The van der Waals surface area contributed by atoms with Crippen molar-refractivity contribution in [1.82, 2.24) is 5.32 Å². The maximum Gasteiger partial charge on any atom is 0.309 e. The first-order valence-corrected chi connectivity index (χ1v) is 9.35. The lowest BCUT2D eigenvalue weighted by molar-refractivity contribution is -0.153. The summed E-state index contributed by atoms with van der Waals surface area (Å²) in [6, 6.07) is 8.32. The minimum absolute atomic E-state index is 0.0153. The number of anilines is 1. The molecule has 2 rings (SSSR count). The quantitative estimate of drug-likeness (QED) is 0.735. The molecule has 25 heavy (non-hydrogen) atoms. The molecule has 0 aliphatic heterocycles. The average molecular weight is 346 g/mol. The maximum atomic E-state index is 11.9. The lowest BCUT2D eigenvalue weighted by Crippen LogP contribution is -2.37. The van der Waals surface area contributed by atoms with Crippen LogP contribution in [0.5, 0.6) is 0 Å². The lowest BCUT2D eigenvalue weighted by Gasteiger charge is -2.23. The van der Waals surface area contributed by atoms with Gasteiger partial charge in [-0.25, -0.2) is 0 Å². The van der Waals surface area contributed by atoms with Gasteiger partial charge in [0.25, 0.3) is 5.91 Å². The zero-order valence-electron chi connectivity index (χ0n) is 15.4. The van der Waals surface area contributed by atoms with E-state index in [9.17, 15) is 9.59 Å². The molecule has 1 aliphatic rings. The van der Waals surface area contributed by atoms with Crippen LogP contribution in [-0.4, -0.2) is 38.1 Å². The van der Waals surface area contributed by atoms with E-state index in [1.807, 2.05) is 6.07 Å². The fourth-order valence-corrected chi connectivity index (χ4v) is 3.27. The second kappa shape index (κ2) is 10.1. The number of amides is 1. The summed E-state index contributed by atoms with van der Waals surface area (Å²) >= 11 is 0. The summed E-state index contributed by atoms with van der Waals surface area (Å²) in [5.41, 5.74) is 2.37. The number of carbonyl (C=O) groups is 2.